The number of nitrogens with one attached hydrogen (secondary N) is 1. The molecular formula is C24H24ClN5O. The number of fused-ring (bicyclic) bond motifs is 4. The summed E-state index contributed by atoms with van der Waals surface area (Å²) in [6.07, 6.45) is 11.6. The fourth-order valence-corrected chi connectivity index (χ4v) is 5.92. The lowest BCUT2D eigenvalue weighted by atomic mass is 9.58. The Morgan fingerprint density at radius 1 is 1.13 bits per heavy atom. The van der Waals surface area contributed by atoms with Crippen LogP contribution in [0.15, 0.2) is 41.3 Å². The molecule has 0 radical (unpaired) electrons. The van der Waals surface area contributed by atoms with Crippen LogP contribution in [-0.2, 0) is 6.42 Å². The van der Waals surface area contributed by atoms with Crippen LogP contribution in [0.1, 0.15) is 38.3 Å². The van der Waals surface area contributed by atoms with E-state index in [0.29, 0.717) is 28.1 Å². The summed E-state index contributed by atoms with van der Waals surface area (Å²) >= 11 is 6.12. The second-order valence-corrected chi connectivity index (χ2v) is 9.43. The Hall–Kier alpha value is -2.73. The first-order valence-electron chi connectivity index (χ1n) is 11.1. The fraction of sp³-hybridized carbons (Fsp3) is 0.417. The molecule has 4 heterocycles. The third-order valence-corrected chi connectivity index (χ3v) is 7.61. The maximum atomic E-state index is 6.12. The number of nitrogens with zero attached hydrogens (tertiary/aromatic N) is 4. The van der Waals surface area contributed by atoms with Crippen molar-refractivity contribution in [2.45, 2.75) is 39.0 Å². The monoisotopic (exact) mass is 433 g/mol. The van der Waals surface area contributed by atoms with E-state index in [0.717, 1.165) is 46.9 Å². The lowest BCUT2D eigenvalue weighted by Crippen LogP contribution is -2.39. The van der Waals surface area contributed by atoms with Gasteiger partial charge in [0, 0.05) is 11.9 Å². The molecule has 2 bridgehead atoms. The van der Waals surface area contributed by atoms with Crippen LogP contribution in [-0.4, -0.2) is 24.9 Å². The van der Waals surface area contributed by atoms with Crippen LogP contribution in [0.3, 0.4) is 0 Å². The van der Waals surface area contributed by atoms with Crippen LogP contribution < -0.4 is 0 Å². The predicted molar refractivity (Wildman–Crippen MR) is 119 cm³/mol. The molecule has 2 unspecified atom stereocenters. The number of hydrogen-bond donors (Lipinski definition) is 1. The molecule has 158 valence electrons. The van der Waals surface area contributed by atoms with E-state index in [1.54, 1.807) is 6.26 Å². The van der Waals surface area contributed by atoms with Crippen molar-refractivity contribution in [2.75, 3.05) is 0 Å². The highest BCUT2D eigenvalue weighted by Crippen LogP contribution is 2.49. The number of rotatable bonds is 4. The summed E-state index contributed by atoms with van der Waals surface area (Å²) in [7, 11) is 0. The fourth-order valence-electron chi connectivity index (χ4n) is 5.79. The summed E-state index contributed by atoms with van der Waals surface area (Å²) in [5.74, 6) is 4.47. The van der Waals surface area contributed by atoms with Crippen LogP contribution in [0.4, 0.5) is 0 Å². The first-order chi connectivity index (χ1) is 15.2. The van der Waals surface area contributed by atoms with Gasteiger partial charge >= 0.3 is 0 Å². The van der Waals surface area contributed by atoms with Gasteiger partial charge in [0.25, 0.3) is 0 Å². The second kappa shape index (κ2) is 7.45. The molecule has 0 aliphatic heterocycles. The number of hydrogen-bond acceptors (Lipinski definition) is 5. The Morgan fingerprint density at radius 2 is 1.97 bits per heavy atom. The standard InChI is InChI=1S/C24H24ClN5O/c1-13-14-4-6-15(7-5-14)17(13)9-16-10-19(20-3-2-8-31-20)29-23(28-16)18-11-26-24-22(18)30-21(25)12-27-24/h2-3,8,10-15,17H,4-7,9H2,1H3,(H,26,27). The zero-order chi connectivity index (χ0) is 20.9. The molecule has 0 aromatic carbocycles. The number of aromatic nitrogens is 5. The predicted octanol–water partition coefficient (Wildman–Crippen LogP) is 5.94. The van der Waals surface area contributed by atoms with E-state index in [9.17, 15) is 0 Å². The molecule has 3 aliphatic rings. The average molecular weight is 434 g/mol. The molecule has 7 heteroatoms. The number of furan rings is 1. The summed E-state index contributed by atoms with van der Waals surface area (Å²) in [6, 6.07) is 5.91. The molecule has 3 aliphatic carbocycles. The molecule has 2 atom stereocenters. The minimum Gasteiger partial charge on any atom is -0.463 e. The Balaban J connectivity index is 1.44. The van der Waals surface area contributed by atoms with Gasteiger partial charge < -0.3 is 9.40 Å². The van der Waals surface area contributed by atoms with Gasteiger partial charge in [0.2, 0.25) is 0 Å². The summed E-state index contributed by atoms with van der Waals surface area (Å²) in [5, 5.41) is 0.350. The van der Waals surface area contributed by atoms with Gasteiger partial charge in [-0.3, -0.25) is 0 Å². The highest BCUT2D eigenvalue weighted by atomic mass is 35.5. The minimum absolute atomic E-state index is 0.350. The first-order valence-corrected chi connectivity index (χ1v) is 11.5. The molecule has 31 heavy (non-hydrogen) atoms. The topological polar surface area (TPSA) is 80.5 Å². The largest absolute Gasteiger partial charge is 0.463 e. The third-order valence-electron chi connectivity index (χ3n) is 7.43. The molecule has 4 aromatic rings. The molecule has 0 amide bonds. The maximum absolute atomic E-state index is 6.12. The van der Waals surface area contributed by atoms with Gasteiger partial charge in [-0.2, -0.15) is 0 Å². The summed E-state index contributed by atoms with van der Waals surface area (Å²) in [5.41, 5.74) is 4.01. The summed E-state index contributed by atoms with van der Waals surface area (Å²) < 4.78 is 5.67. The highest BCUT2D eigenvalue weighted by Gasteiger charge is 2.41. The third kappa shape index (κ3) is 3.33. The van der Waals surface area contributed by atoms with Crippen molar-refractivity contribution < 1.29 is 4.42 Å². The van der Waals surface area contributed by atoms with E-state index in [4.69, 9.17) is 26.0 Å². The Morgan fingerprint density at radius 3 is 2.74 bits per heavy atom. The van der Waals surface area contributed by atoms with Crippen molar-refractivity contribution in [3.8, 4) is 22.8 Å². The van der Waals surface area contributed by atoms with Gasteiger partial charge in [-0.25, -0.2) is 19.9 Å². The van der Waals surface area contributed by atoms with Crippen molar-refractivity contribution in [3.05, 3.63) is 47.7 Å². The van der Waals surface area contributed by atoms with Gasteiger partial charge in [-0.15, -0.1) is 0 Å². The average Bonchev–Trinajstić information content (AvgIpc) is 3.46. The molecule has 6 nitrogen and oxygen atoms in total. The van der Waals surface area contributed by atoms with Gasteiger partial charge in [-0.1, -0.05) is 18.5 Å². The molecule has 1 N–H and O–H groups in total. The Labute approximate surface area is 185 Å². The smallest absolute Gasteiger partial charge is 0.163 e. The van der Waals surface area contributed by atoms with E-state index >= 15 is 0 Å². The van der Waals surface area contributed by atoms with Crippen molar-refractivity contribution in [3.63, 3.8) is 0 Å². The van der Waals surface area contributed by atoms with Gasteiger partial charge in [0.1, 0.15) is 16.4 Å². The van der Waals surface area contributed by atoms with Crippen LogP contribution >= 0.6 is 11.6 Å². The SMILES string of the molecule is CC1C2CCC(CC2)C1Cc1cc(-c2ccco2)nc(-c2c[nH]c3ncc(Cl)nc23)n1. The quantitative estimate of drug-likeness (QED) is 0.430. The van der Waals surface area contributed by atoms with Gasteiger partial charge in [0.15, 0.2) is 17.2 Å². The Kier molecular flexibility index (Phi) is 4.56. The number of H-pyrrole nitrogens is 1. The van der Waals surface area contributed by atoms with Gasteiger partial charge in [0.05, 0.1) is 18.0 Å². The molecule has 7 rings (SSSR count). The van der Waals surface area contributed by atoms with Crippen LogP contribution in [0.2, 0.25) is 5.15 Å². The van der Waals surface area contributed by atoms with Crippen LogP contribution in [0, 0.1) is 23.7 Å². The van der Waals surface area contributed by atoms with Gasteiger partial charge in [-0.05, 0) is 74.0 Å². The lowest BCUT2D eigenvalue weighted by Gasteiger charge is -2.47. The van der Waals surface area contributed by atoms with Crippen molar-refractivity contribution >= 4 is 22.8 Å². The summed E-state index contributed by atoms with van der Waals surface area (Å²) in [6.45, 7) is 2.44. The zero-order valence-corrected chi connectivity index (χ0v) is 18.1. The Bertz CT molecular complexity index is 1220. The van der Waals surface area contributed by atoms with E-state index in [-0.39, 0.29) is 0 Å². The normalized spacial score (nSPS) is 25.4. The molecule has 3 saturated carbocycles. The zero-order valence-electron chi connectivity index (χ0n) is 17.4. The molecule has 4 aromatic heterocycles. The van der Waals surface area contributed by atoms with Crippen molar-refractivity contribution in [2.24, 2.45) is 23.7 Å². The number of halogens is 1. The van der Waals surface area contributed by atoms with Crippen LogP contribution in [0.25, 0.3) is 34.0 Å². The molecule has 0 spiro atoms. The first kappa shape index (κ1) is 19.0. The maximum Gasteiger partial charge on any atom is 0.163 e. The molecular weight excluding hydrogens is 410 g/mol. The minimum atomic E-state index is 0.350. The van der Waals surface area contributed by atoms with E-state index in [1.807, 2.05) is 18.3 Å². The van der Waals surface area contributed by atoms with E-state index < -0.39 is 0 Å². The van der Waals surface area contributed by atoms with E-state index in [2.05, 4.69) is 27.9 Å². The molecule has 0 saturated heterocycles. The molecule has 3 fully saturated rings. The van der Waals surface area contributed by atoms with Crippen molar-refractivity contribution in [1.82, 2.24) is 24.9 Å². The number of aromatic amines is 1. The van der Waals surface area contributed by atoms with Crippen LogP contribution in [0.5, 0.6) is 0 Å². The lowest BCUT2D eigenvalue weighted by molar-refractivity contribution is 0.0339. The summed E-state index contributed by atoms with van der Waals surface area (Å²) in [4.78, 5) is 21.8. The highest BCUT2D eigenvalue weighted by molar-refractivity contribution is 6.29. The second-order valence-electron chi connectivity index (χ2n) is 9.04. The van der Waals surface area contributed by atoms with E-state index in [1.165, 1.54) is 31.9 Å². The van der Waals surface area contributed by atoms with Crippen molar-refractivity contribution in [1.29, 1.82) is 0 Å².